The molecule has 2 aliphatic heterocycles. The van der Waals surface area contributed by atoms with Gasteiger partial charge in [-0.3, -0.25) is 14.6 Å². The van der Waals surface area contributed by atoms with Crippen LogP contribution in [0.5, 0.6) is 0 Å². The van der Waals surface area contributed by atoms with Crippen molar-refractivity contribution in [3.63, 3.8) is 0 Å². The summed E-state index contributed by atoms with van der Waals surface area (Å²) in [4.78, 5) is 34.2. The number of rotatable bonds is 4. The Bertz CT molecular complexity index is 879. The number of carbonyl (C=O) groups is 2. The van der Waals surface area contributed by atoms with E-state index in [0.29, 0.717) is 31.2 Å². The van der Waals surface area contributed by atoms with Crippen molar-refractivity contribution < 1.29 is 9.59 Å². The topological polar surface area (TPSA) is 53.5 Å². The number of hydrogen-bond donors (Lipinski definition) is 0. The molecule has 1 spiro atoms. The molecule has 2 amide bonds. The molecule has 29 heavy (non-hydrogen) atoms. The first kappa shape index (κ1) is 19.6. The van der Waals surface area contributed by atoms with Gasteiger partial charge in [0.1, 0.15) is 5.69 Å². The van der Waals surface area contributed by atoms with E-state index in [1.165, 1.54) is 11.1 Å². The Kier molecular flexibility index (Phi) is 5.39. The molecule has 0 aliphatic carbocycles. The molecule has 1 unspecified atom stereocenters. The average molecular weight is 392 g/mol. The van der Waals surface area contributed by atoms with Crippen LogP contribution in [0, 0.1) is 5.41 Å². The lowest BCUT2D eigenvalue weighted by atomic mass is 9.78. The second-order valence-corrected chi connectivity index (χ2v) is 8.70. The summed E-state index contributed by atoms with van der Waals surface area (Å²) in [7, 11) is 0. The van der Waals surface area contributed by atoms with E-state index in [1.807, 2.05) is 11.0 Å². The number of hydrogen-bond acceptors (Lipinski definition) is 3. The molecule has 2 fully saturated rings. The van der Waals surface area contributed by atoms with Crippen molar-refractivity contribution in [3.05, 3.63) is 65.5 Å². The quantitative estimate of drug-likeness (QED) is 0.795. The Labute approximate surface area is 172 Å². The van der Waals surface area contributed by atoms with Gasteiger partial charge in [0.2, 0.25) is 5.91 Å². The normalized spacial score (nSPS) is 22.0. The highest BCUT2D eigenvalue weighted by Gasteiger charge is 2.49. The second kappa shape index (κ2) is 7.97. The fraction of sp³-hybridized carbons (Fsp3) is 0.458. The van der Waals surface area contributed by atoms with E-state index in [4.69, 9.17) is 0 Å². The largest absolute Gasteiger partial charge is 0.338 e. The lowest BCUT2D eigenvalue weighted by Crippen LogP contribution is -2.50. The van der Waals surface area contributed by atoms with Crippen LogP contribution in [0.3, 0.4) is 0 Å². The van der Waals surface area contributed by atoms with E-state index in [-0.39, 0.29) is 11.8 Å². The lowest BCUT2D eigenvalue weighted by molar-refractivity contribution is -0.146. The Morgan fingerprint density at radius 2 is 1.90 bits per heavy atom. The molecule has 5 heteroatoms. The summed E-state index contributed by atoms with van der Waals surface area (Å²) in [5, 5.41) is 0. The third kappa shape index (κ3) is 3.91. The summed E-state index contributed by atoms with van der Waals surface area (Å²) in [5.74, 6) is 0.634. The van der Waals surface area contributed by atoms with E-state index in [9.17, 15) is 9.59 Å². The first-order chi connectivity index (χ1) is 14.0. The molecule has 0 radical (unpaired) electrons. The van der Waals surface area contributed by atoms with Crippen LogP contribution in [0.25, 0.3) is 0 Å². The van der Waals surface area contributed by atoms with Crippen LogP contribution >= 0.6 is 0 Å². The Balaban J connectivity index is 1.45. The molecule has 0 bridgehead atoms. The number of aromatic nitrogens is 1. The highest BCUT2D eigenvalue weighted by molar-refractivity contribution is 5.93. The number of benzene rings is 1. The summed E-state index contributed by atoms with van der Waals surface area (Å²) in [6.07, 6.45) is 4.23. The molecule has 3 heterocycles. The van der Waals surface area contributed by atoms with Crippen molar-refractivity contribution in [2.45, 2.75) is 45.6 Å². The van der Waals surface area contributed by atoms with Gasteiger partial charge < -0.3 is 9.80 Å². The summed E-state index contributed by atoms with van der Waals surface area (Å²) in [5.41, 5.74) is 2.50. The van der Waals surface area contributed by atoms with Gasteiger partial charge in [-0.2, -0.15) is 0 Å². The molecule has 2 saturated heterocycles. The van der Waals surface area contributed by atoms with E-state index in [1.54, 1.807) is 23.2 Å². The highest BCUT2D eigenvalue weighted by atomic mass is 16.2. The zero-order valence-corrected chi connectivity index (χ0v) is 17.3. The Hall–Kier alpha value is -2.69. The van der Waals surface area contributed by atoms with E-state index in [0.717, 1.165) is 25.8 Å². The third-order valence-electron chi connectivity index (χ3n) is 6.37. The van der Waals surface area contributed by atoms with Crippen LogP contribution in [0.2, 0.25) is 0 Å². The number of nitrogens with zero attached hydrogens (tertiary/aromatic N) is 3. The monoisotopic (exact) mass is 391 g/mol. The van der Waals surface area contributed by atoms with Crippen molar-refractivity contribution in [2.75, 3.05) is 19.6 Å². The highest BCUT2D eigenvalue weighted by Crippen LogP contribution is 2.40. The van der Waals surface area contributed by atoms with E-state index < -0.39 is 5.41 Å². The zero-order valence-electron chi connectivity index (χ0n) is 17.3. The average Bonchev–Trinajstić information content (AvgIpc) is 3.17. The fourth-order valence-corrected chi connectivity index (χ4v) is 4.61. The van der Waals surface area contributed by atoms with Crippen molar-refractivity contribution in [1.29, 1.82) is 0 Å². The molecule has 0 N–H and O–H groups in total. The minimum atomic E-state index is -0.430. The van der Waals surface area contributed by atoms with Crippen LogP contribution in [0.1, 0.15) is 60.6 Å². The predicted octanol–water partition coefficient (Wildman–Crippen LogP) is 3.86. The number of likely N-dealkylation sites (tertiary alicyclic amines) is 2. The van der Waals surface area contributed by atoms with E-state index >= 15 is 0 Å². The van der Waals surface area contributed by atoms with Gasteiger partial charge in [-0.15, -0.1) is 0 Å². The molecule has 152 valence electrons. The lowest BCUT2D eigenvalue weighted by Gasteiger charge is -2.39. The summed E-state index contributed by atoms with van der Waals surface area (Å²) in [6, 6.07) is 14.0. The van der Waals surface area contributed by atoms with Crippen molar-refractivity contribution in [3.8, 4) is 0 Å². The SMILES string of the molecule is CC(C)c1ccc(CN2CCCC3(CCN(C(=O)c4ccccn4)C3)C2=O)cc1. The first-order valence-electron chi connectivity index (χ1n) is 10.6. The van der Waals surface area contributed by atoms with Crippen molar-refractivity contribution >= 4 is 11.8 Å². The first-order valence-corrected chi connectivity index (χ1v) is 10.6. The molecule has 0 saturated carbocycles. The van der Waals surface area contributed by atoms with Crippen LogP contribution in [-0.4, -0.2) is 46.2 Å². The fourth-order valence-electron chi connectivity index (χ4n) is 4.61. The molecule has 1 atom stereocenters. The molecule has 1 aromatic heterocycles. The van der Waals surface area contributed by atoms with Crippen LogP contribution < -0.4 is 0 Å². The zero-order chi connectivity index (χ0) is 20.4. The summed E-state index contributed by atoms with van der Waals surface area (Å²) < 4.78 is 0. The maximum atomic E-state index is 13.4. The van der Waals surface area contributed by atoms with Gasteiger partial charge in [0, 0.05) is 32.4 Å². The van der Waals surface area contributed by atoms with Gasteiger partial charge in [-0.25, -0.2) is 0 Å². The smallest absolute Gasteiger partial charge is 0.272 e. The van der Waals surface area contributed by atoms with Crippen LogP contribution in [0.4, 0.5) is 0 Å². The Morgan fingerprint density at radius 1 is 1.10 bits per heavy atom. The maximum absolute atomic E-state index is 13.4. The number of carbonyl (C=O) groups excluding carboxylic acids is 2. The van der Waals surface area contributed by atoms with Gasteiger partial charge in [0.05, 0.1) is 5.41 Å². The number of pyridine rings is 1. The molecular formula is C24H29N3O2. The summed E-state index contributed by atoms with van der Waals surface area (Å²) >= 11 is 0. The number of amides is 2. The van der Waals surface area contributed by atoms with Gasteiger partial charge in [-0.05, 0) is 48.4 Å². The third-order valence-corrected chi connectivity index (χ3v) is 6.37. The van der Waals surface area contributed by atoms with Crippen LogP contribution in [0.15, 0.2) is 48.7 Å². The summed E-state index contributed by atoms with van der Waals surface area (Å²) in [6.45, 7) is 6.94. The standard InChI is InChI=1S/C24H29N3O2/c1-18(2)20-9-7-19(8-10-20)16-26-14-5-11-24(23(26)29)12-15-27(17-24)22(28)21-6-3-4-13-25-21/h3-4,6-10,13,18H,5,11-12,14-17H2,1-2H3. The molecular weight excluding hydrogens is 362 g/mol. The number of piperidine rings is 1. The minimum absolute atomic E-state index is 0.0725. The van der Waals surface area contributed by atoms with Crippen molar-refractivity contribution in [1.82, 2.24) is 14.8 Å². The Morgan fingerprint density at radius 3 is 2.59 bits per heavy atom. The molecule has 4 rings (SSSR count). The van der Waals surface area contributed by atoms with Crippen LogP contribution in [-0.2, 0) is 11.3 Å². The van der Waals surface area contributed by atoms with Gasteiger partial charge >= 0.3 is 0 Å². The van der Waals surface area contributed by atoms with Gasteiger partial charge in [0.25, 0.3) is 5.91 Å². The van der Waals surface area contributed by atoms with E-state index in [2.05, 4.69) is 43.1 Å². The van der Waals surface area contributed by atoms with Crippen molar-refractivity contribution in [2.24, 2.45) is 5.41 Å². The maximum Gasteiger partial charge on any atom is 0.272 e. The van der Waals surface area contributed by atoms with Gasteiger partial charge in [0.15, 0.2) is 0 Å². The molecule has 5 nitrogen and oxygen atoms in total. The van der Waals surface area contributed by atoms with Gasteiger partial charge in [-0.1, -0.05) is 44.2 Å². The molecule has 1 aromatic carbocycles. The minimum Gasteiger partial charge on any atom is -0.338 e. The second-order valence-electron chi connectivity index (χ2n) is 8.70. The molecule has 2 aromatic rings. The molecule has 2 aliphatic rings. The predicted molar refractivity (Wildman–Crippen MR) is 112 cm³/mol.